The van der Waals surface area contributed by atoms with Gasteiger partial charge in [-0.15, -0.1) is 0 Å². The zero-order valence-corrected chi connectivity index (χ0v) is 22.4. The zero-order valence-electron chi connectivity index (χ0n) is 21.6. The van der Waals surface area contributed by atoms with Gasteiger partial charge in [-0.25, -0.2) is 0 Å². The molecule has 0 bridgehead atoms. The maximum atomic E-state index is 12.6. The highest BCUT2D eigenvalue weighted by molar-refractivity contribution is 5.88. The molecule has 0 aromatic carbocycles. The first-order valence-electron chi connectivity index (χ1n) is 13.2. The van der Waals surface area contributed by atoms with Gasteiger partial charge < -0.3 is 27.1 Å². The minimum absolute atomic E-state index is 0. The first-order valence-corrected chi connectivity index (χ1v) is 13.2. The Kier molecular flexibility index (Phi) is 18.1. The third kappa shape index (κ3) is 15.1. The second-order valence-corrected chi connectivity index (χ2v) is 10.5. The first-order chi connectivity index (χ1) is 14.8. The summed E-state index contributed by atoms with van der Waals surface area (Å²) in [6, 6.07) is -0.234. The number of unbranched alkanes of at least 4 members (excludes halogenated alkanes) is 11. The van der Waals surface area contributed by atoms with Crippen LogP contribution in [0.25, 0.3) is 0 Å². The molecule has 0 aromatic heterocycles. The Balaban J connectivity index is 0.00000961. The van der Waals surface area contributed by atoms with E-state index in [0.29, 0.717) is 6.42 Å². The van der Waals surface area contributed by atoms with Crippen molar-refractivity contribution in [3.05, 3.63) is 0 Å². The molecule has 0 saturated carbocycles. The van der Waals surface area contributed by atoms with E-state index >= 15 is 0 Å². The van der Waals surface area contributed by atoms with Crippen LogP contribution in [0.3, 0.4) is 0 Å². The van der Waals surface area contributed by atoms with E-state index in [1.165, 1.54) is 57.8 Å². The maximum absolute atomic E-state index is 12.6. The lowest BCUT2D eigenvalue weighted by atomic mass is 10.1. The molecule has 1 atom stereocenters. The van der Waals surface area contributed by atoms with Gasteiger partial charge >= 0.3 is 0 Å². The Hall–Kier alpha value is -0.810. The van der Waals surface area contributed by atoms with Crippen molar-refractivity contribution in [1.29, 1.82) is 0 Å². The lowest BCUT2D eigenvalue weighted by Gasteiger charge is -2.25. The zero-order chi connectivity index (χ0) is 23.0. The molecule has 1 saturated heterocycles. The molecule has 6 heteroatoms. The molecule has 1 rings (SSSR count). The second-order valence-electron chi connectivity index (χ2n) is 10.5. The lowest BCUT2D eigenvalue weighted by Crippen LogP contribution is -3.00. The number of rotatable bonds is 18. The Labute approximate surface area is 205 Å². The van der Waals surface area contributed by atoms with E-state index in [1.807, 2.05) is 4.90 Å². The monoisotopic (exact) mass is 473 g/mol. The summed E-state index contributed by atoms with van der Waals surface area (Å²) in [5, 5.41) is 3.09. The van der Waals surface area contributed by atoms with Gasteiger partial charge in [0.2, 0.25) is 11.8 Å². The van der Waals surface area contributed by atoms with Crippen molar-refractivity contribution in [2.24, 2.45) is 0 Å². The van der Waals surface area contributed by atoms with Gasteiger partial charge in [-0.1, -0.05) is 64.7 Å². The van der Waals surface area contributed by atoms with Crippen LogP contribution < -0.4 is 17.7 Å². The molecular weight excluding hydrogens is 422 g/mol. The molecule has 0 radical (unpaired) electrons. The fourth-order valence-corrected chi connectivity index (χ4v) is 4.46. The van der Waals surface area contributed by atoms with E-state index in [9.17, 15) is 9.59 Å². The van der Waals surface area contributed by atoms with Gasteiger partial charge in [0.25, 0.3) is 0 Å². The molecule has 1 heterocycles. The molecule has 1 aliphatic heterocycles. The third-order valence-electron chi connectivity index (χ3n) is 6.42. The summed E-state index contributed by atoms with van der Waals surface area (Å²) in [6.07, 6.45) is 18.5. The number of halogens is 1. The van der Waals surface area contributed by atoms with Gasteiger partial charge in [-0.3, -0.25) is 9.59 Å². The lowest BCUT2D eigenvalue weighted by molar-refractivity contribution is -0.870. The maximum Gasteiger partial charge on any atom is 0.242 e. The Bertz CT molecular complexity index is 494. The van der Waals surface area contributed by atoms with E-state index < -0.39 is 0 Å². The van der Waals surface area contributed by atoms with Crippen LogP contribution >= 0.6 is 0 Å². The van der Waals surface area contributed by atoms with Crippen LogP contribution in [0.2, 0.25) is 0 Å². The van der Waals surface area contributed by atoms with E-state index in [0.717, 1.165) is 62.6 Å². The fourth-order valence-electron chi connectivity index (χ4n) is 4.46. The van der Waals surface area contributed by atoms with Crippen molar-refractivity contribution in [2.75, 3.05) is 40.8 Å². The number of quaternary nitrogens is 1. The van der Waals surface area contributed by atoms with E-state index in [-0.39, 0.29) is 30.3 Å². The van der Waals surface area contributed by atoms with E-state index in [2.05, 4.69) is 33.4 Å². The second kappa shape index (κ2) is 18.6. The van der Waals surface area contributed by atoms with Gasteiger partial charge in [0, 0.05) is 19.5 Å². The summed E-state index contributed by atoms with van der Waals surface area (Å²) in [5.41, 5.74) is 0. The number of likely N-dealkylation sites (tertiary alicyclic amines) is 1. The predicted molar refractivity (Wildman–Crippen MR) is 131 cm³/mol. The molecule has 0 spiro atoms. The number of nitrogens with one attached hydrogen (secondary N) is 1. The summed E-state index contributed by atoms with van der Waals surface area (Å²) in [4.78, 5) is 27.1. The Morgan fingerprint density at radius 2 is 1.41 bits per heavy atom. The molecular formula is C26H52ClN3O2. The number of hydrogen-bond acceptors (Lipinski definition) is 2. The molecule has 5 nitrogen and oxygen atoms in total. The van der Waals surface area contributed by atoms with Crippen molar-refractivity contribution < 1.29 is 26.5 Å². The van der Waals surface area contributed by atoms with Crippen molar-refractivity contribution in [1.82, 2.24) is 10.2 Å². The smallest absolute Gasteiger partial charge is 0.242 e. The van der Waals surface area contributed by atoms with Crippen LogP contribution in [-0.2, 0) is 9.59 Å². The molecule has 1 fully saturated rings. The quantitative estimate of drug-likeness (QED) is 0.245. The highest BCUT2D eigenvalue weighted by Gasteiger charge is 2.33. The largest absolute Gasteiger partial charge is 1.00 e. The minimum atomic E-state index is -0.234. The molecule has 2 amide bonds. The van der Waals surface area contributed by atoms with E-state index in [4.69, 9.17) is 0 Å². The SMILES string of the molecule is CCCCCCCCCCCCNC(=O)[C@@H]1CCCN1C(=O)CCCCC[N+](C)(C)C.[Cl-]. The first kappa shape index (κ1) is 31.2. The van der Waals surface area contributed by atoms with Crippen LogP contribution in [0.5, 0.6) is 0 Å². The molecule has 0 aliphatic carbocycles. The normalized spacial score (nSPS) is 16.1. The highest BCUT2D eigenvalue weighted by atomic mass is 35.5. The highest BCUT2D eigenvalue weighted by Crippen LogP contribution is 2.19. The molecule has 1 N–H and O–H groups in total. The minimum Gasteiger partial charge on any atom is -1.00 e. The molecule has 0 unspecified atom stereocenters. The van der Waals surface area contributed by atoms with Crippen molar-refractivity contribution in [3.63, 3.8) is 0 Å². The summed E-state index contributed by atoms with van der Waals surface area (Å²) < 4.78 is 0.974. The van der Waals surface area contributed by atoms with Crippen molar-refractivity contribution >= 4 is 11.8 Å². The number of nitrogens with zero attached hydrogens (tertiary/aromatic N) is 2. The number of carbonyl (C=O) groups excluding carboxylic acids is 2. The van der Waals surface area contributed by atoms with Crippen LogP contribution in [0.1, 0.15) is 110 Å². The van der Waals surface area contributed by atoms with Crippen molar-refractivity contribution in [2.45, 2.75) is 116 Å². The summed E-state index contributed by atoms with van der Waals surface area (Å²) in [5.74, 6) is 0.230. The fraction of sp³-hybridized carbons (Fsp3) is 0.923. The molecule has 1 aliphatic rings. The van der Waals surface area contributed by atoms with E-state index in [1.54, 1.807) is 0 Å². The number of carbonyl (C=O) groups is 2. The molecule has 190 valence electrons. The standard InChI is InChI=1S/C26H51N3O2.ClH/c1-5-6-7-8-9-10-11-12-13-16-21-27-26(31)24-19-18-22-28(24)25(30)20-15-14-17-23-29(2,3)4;/h24H,5-23H2,1-4H3;1H/t24-;/m0./s1. The van der Waals surface area contributed by atoms with Gasteiger partial charge in [-0.05, 0) is 38.5 Å². The number of hydrogen-bond donors (Lipinski definition) is 1. The average Bonchev–Trinajstić information content (AvgIpc) is 3.21. The number of amides is 2. The Morgan fingerprint density at radius 1 is 0.844 bits per heavy atom. The van der Waals surface area contributed by atoms with Crippen LogP contribution in [0.4, 0.5) is 0 Å². The summed E-state index contributed by atoms with van der Waals surface area (Å²) in [6.45, 7) is 4.89. The van der Waals surface area contributed by atoms with Crippen LogP contribution in [-0.4, -0.2) is 68.0 Å². The van der Waals surface area contributed by atoms with Gasteiger partial charge in [0.15, 0.2) is 0 Å². The Morgan fingerprint density at radius 3 is 2.00 bits per heavy atom. The average molecular weight is 474 g/mol. The summed E-state index contributed by atoms with van der Waals surface area (Å²) >= 11 is 0. The van der Waals surface area contributed by atoms with Crippen molar-refractivity contribution in [3.8, 4) is 0 Å². The molecule has 32 heavy (non-hydrogen) atoms. The van der Waals surface area contributed by atoms with Gasteiger partial charge in [0.1, 0.15) is 6.04 Å². The third-order valence-corrected chi connectivity index (χ3v) is 6.42. The predicted octanol–water partition coefficient (Wildman–Crippen LogP) is 2.29. The molecule has 0 aromatic rings. The van der Waals surface area contributed by atoms with Gasteiger partial charge in [-0.2, -0.15) is 0 Å². The topological polar surface area (TPSA) is 49.4 Å². The van der Waals surface area contributed by atoms with Crippen LogP contribution in [0, 0.1) is 0 Å². The van der Waals surface area contributed by atoms with Gasteiger partial charge in [0.05, 0.1) is 27.7 Å². The summed E-state index contributed by atoms with van der Waals surface area (Å²) in [7, 11) is 6.61. The van der Waals surface area contributed by atoms with Crippen LogP contribution in [0.15, 0.2) is 0 Å².